The first-order valence-corrected chi connectivity index (χ1v) is 4.29. The molecule has 0 N–H and O–H groups in total. The maximum absolute atomic E-state index is 12.9. The smallest absolute Gasteiger partial charge is 0.121 e. The van der Waals surface area contributed by atoms with E-state index in [9.17, 15) is 4.39 Å². The molecule has 74 valence electrons. The fraction of sp³-hybridized carbons (Fsp3) is 0.455. The average Bonchev–Trinajstić information content (AvgIpc) is 2.10. The molecule has 0 heterocycles. The van der Waals surface area contributed by atoms with Crippen LogP contribution in [0.5, 0.6) is 0 Å². The maximum atomic E-state index is 12.9. The molecule has 0 saturated heterocycles. The molecule has 0 spiro atoms. The molecule has 0 aliphatic carbocycles. The molecule has 0 atom stereocenters. The van der Waals surface area contributed by atoms with E-state index in [1.54, 1.807) is 6.08 Å². The van der Waals surface area contributed by atoms with Crippen molar-refractivity contribution < 1.29 is 9.13 Å². The normalized spacial score (nSPS) is 12.8. The summed E-state index contributed by atoms with van der Waals surface area (Å²) >= 11 is 0. The second-order valence-corrected chi connectivity index (χ2v) is 3.11. The van der Waals surface area contributed by atoms with E-state index in [1.165, 1.54) is 19.3 Å². The van der Waals surface area contributed by atoms with Crippen LogP contribution < -0.4 is 0 Å². The molecule has 0 amide bonds. The van der Waals surface area contributed by atoms with Gasteiger partial charge in [0.25, 0.3) is 0 Å². The lowest BCUT2D eigenvalue weighted by Gasteiger charge is -2.01. The van der Waals surface area contributed by atoms with Crippen LogP contribution in [0, 0.1) is 5.92 Å². The molecule has 0 unspecified atom stereocenters. The van der Waals surface area contributed by atoms with Crippen molar-refractivity contribution in [2.24, 2.45) is 5.92 Å². The number of hydrogen-bond donors (Lipinski definition) is 0. The zero-order chi connectivity index (χ0) is 10.3. The Morgan fingerprint density at radius 2 is 2.08 bits per heavy atom. The lowest BCUT2D eigenvalue weighted by molar-refractivity contribution is 0.232. The summed E-state index contributed by atoms with van der Waals surface area (Å²) in [4.78, 5) is 0. The summed E-state index contributed by atoms with van der Waals surface area (Å²) in [6.45, 7) is 8.13. The molecule has 1 nitrogen and oxygen atoms in total. The third-order valence-corrected chi connectivity index (χ3v) is 1.64. The second-order valence-electron chi connectivity index (χ2n) is 3.11. The van der Waals surface area contributed by atoms with Gasteiger partial charge < -0.3 is 4.74 Å². The van der Waals surface area contributed by atoms with E-state index in [0.717, 1.165) is 5.57 Å². The van der Waals surface area contributed by atoms with Gasteiger partial charge >= 0.3 is 0 Å². The van der Waals surface area contributed by atoms with E-state index in [2.05, 4.69) is 6.58 Å². The Balaban J connectivity index is 4.04. The maximum Gasteiger partial charge on any atom is 0.121 e. The van der Waals surface area contributed by atoms with Crippen molar-refractivity contribution in [3.05, 3.63) is 36.2 Å². The van der Waals surface area contributed by atoms with Crippen molar-refractivity contribution in [2.75, 3.05) is 13.7 Å². The minimum Gasteiger partial charge on any atom is -0.381 e. The SMILES string of the molecule is C=C(/C=C\C(F)=C/COC)C(C)C. The van der Waals surface area contributed by atoms with E-state index in [0.29, 0.717) is 12.5 Å². The highest BCUT2D eigenvalue weighted by Crippen LogP contribution is 2.09. The third-order valence-electron chi connectivity index (χ3n) is 1.64. The van der Waals surface area contributed by atoms with Crippen molar-refractivity contribution in [2.45, 2.75) is 13.8 Å². The first-order chi connectivity index (χ1) is 6.07. The highest BCUT2D eigenvalue weighted by Gasteiger charge is 1.94. The van der Waals surface area contributed by atoms with Crippen LogP contribution in [0.1, 0.15) is 13.8 Å². The Kier molecular flexibility index (Phi) is 6.15. The summed E-state index contributed by atoms with van der Waals surface area (Å²) in [6, 6.07) is 0. The van der Waals surface area contributed by atoms with Gasteiger partial charge in [-0.15, -0.1) is 0 Å². The minimum absolute atomic E-state index is 0.288. The Hall–Kier alpha value is -0.890. The average molecular weight is 184 g/mol. The number of rotatable bonds is 5. The molecule has 0 radical (unpaired) electrons. The van der Waals surface area contributed by atoms with Crippen molar-refractivity contribution in [3.8, 4) is 0 Å². The van der Waals surface area contributed by atoms with Gasteiger partial charge in [-0.05, 0) is 18.1 Å². The topological polar surface area (TPSA) is 9.23 Å². The Bertz CT molecular complexity index is 214. The first kappa shape index (κ1) is 12.1. The van der Waals surface area contributed by atoms with Crippen molar-refractivity contribution >= 4 is 0 Å². The molecular weight excluding hydrogens is 167 g/mol. The summed E-state index contributed by atoms with van der Waals surface area (Å²) in [5.41, 5.74) is 0.918. The highest BCUT2D eigenvalue weighted by atomic mass is 19.1. The van der Waals surface area contributed by atoms with Gasteiger partial charge in [-0.25, -0.2) is 4.39 Å². The Labute approximate surface area is 79.6 Å². The Morgan fingerprint density at radius 1 is 1.46 bits per heavy atom. The molecule has 2 heteroatoms. The van der Waals surface area contributed by atoms with Crippen molar-refractivity contribution in [3.63, 3.8) is 0 Å². The van der Waals surface area contributed by atoms with Crippen LogP contribution >= 0.6 is 0 Å². The van der Waals surface area contributed by atoms with Crippen LogP contribution in [-0.2, 0) is 4.74 Å². The monoisotopic (exact) mass is 184 g/mol. The van der Waals surface area contributed by atoms with Gasteiger partial charge in [-0.2, -0.15) is 0 Å². The van der Waals surface area contributed by atoms with Crippen LogP contribution in [0.3, 0.4) is 0 Å². The molecule has 0 aromatic carbocycles. The summed E-state index contributed by atoms with van der Waals surface area (Å²) in [7, 11) is 1.53. The molecule has 0 aromatic rings. The molecule has 0 rings (SSSR count). The van der Waals surface area contributed by atoms with E-state index in [-0.39, 0.29) is 5.83 Å². The molecule has 0 aromatic heterocycles. The fourth-order valence-corrected chi connectivity index (χ4v) is 0.610. The second kappa shape index (κ2) is 6.61. The zero-order valence-electron chi connectivity index (χ0n) is 8.51. The Morgan fingerprint density at radius 3 is 2.54 bits per heavy atom. The van der Waals surface area contributed by atoms with Crippen LogP contribution in [0.2, 0.25) is 0 Å². The number of methoxy groups -OCH3 is 1. The molecule has 0 bridgehead atoms. The molecule has 13 heavy (non-hydrogen) atoms. The zero-order valence-corrected chi connectivity index (χ0v) is 8.51. The van der Waals surface area contributed by atoms with Gasteiger partial charge in [-0.3, -0.25) is 0 Å². The predicted octanol–water partition coefficient (Wildman–Crippen LogP) is 3.25. The number of halogens is 1. The first-order valence-electron chi connectivity index (χ1n) is 4.29. The number of ether oxygens (including phenoxy) is 1. The number of hydrogen-bond acceptors (Lipinski definition) is 1. The lowest BCUT2D eigenvalue weighted by atomic mass is 10.1. The van der Waals surface area contributed by atoms with E-state index >= 15 is 0 Å². The fourth-order valence-electron chi connectivity index (χ4n) is 0.610. The van der Waals surface area contributed by atoms with Gasteiger partial charge in [0, 0.05) is 7.11 Å². The van der Waals surface area contributed by atoms with E-state index in [4.69, 9.17) is 4.74 Å². The summed E-state index contributed by atoms with van der Waals surface area (Å²) < 4.78 is 17.6. The van der Waals surface area contributed by atoms with E-state index in [1.807, 2.05) is 13.8 Å². The van der Waals surface area contributed by atoms with Crippen LogP contribution in [0.4, 0.5) is 4.39 Å². The van der Waals surface area contributed by atoms with Crippen LogP contribution in [0.25, 0.3) is 0 Å². The molecule has 0 aliphatic rings. The summed E-state index contributed by atoms with van der Waals surface area (Å²) in [6.07, 6.45) is 4.47. The standard InChI is InChI=1S/C11H17FO/c1-9(2)10(3)5-6-11(12)7-8-13-4/h5-7,9H,3,8H2,1-2,4H3/b6-5-,11-7+. The van der Waals surface area contributed by atoms with Gasteiger partial charge in [0.1, 0.15) is 5.83 Å². The molecule has 0 aliphatic heterocycles. The molecule has 0 fully saturated rings. The highest BCUT2D eigenvalue weighted by molar-refractivity contribution is 5.23. The summed E-state index contributed by atoms with van der Waals surface area (Å²) in [5, 5.41) is 0. The molecular formula is C11H17FO. The van der Waals surface area contributed by atoms with Gasteiger partial charge in [0.2, 0.25) is 0 Å². The van der Waals surface area contributed by atoms with Gasteiger partial charge in [-0.1, -0.05) is 32.1 Å². The van der Waals surface area contributed by atoms with Crippen molar-refractivity contribution in [1.82, 2.24) is 0 Å². The van der Waals surface area contributed by atoms with Crippen LogP contribution in [0.15, 0.2) is 36.2 Å². The predicted molar refractivity (Wildman–Crippen MR) is 54.2 cm³/mol. The van der Waals surface area contributed by atoms with Crippen molar-refractivity contribution in [1.29, 1.82) is 0 Å². The van der Waals surface area contributed by atoms with Gasteiger partial charge in [0.15, 0.2) is 0 Å². The third kappa shape index (κ3) is 6.29. The van der Waals surface area contributed by atoms with Gasteiger partial charge in [0.05, 0.1) is 6.61 Å². The van der Waals surface area contributed by atoms with E-state index < -0.39 is 0 Å². The lowest BCUT2D eigenvalue weighted by Crippen LogP contribution is -1.87. The molecule has 0 saturated carbocycles. The quantitative estimate of drug-likeness (QED) is 0.596. The largest absolute Gasteiger partial charge is 0.381 e. The van der Waals surface area contributed by atoms with Crippen LogP contribution in [-0.4, -0.2) is 13.7 Å². The summed E-state index contributed by atoms with van der Waals surface area (Å²) in [5.74, 6) is 0.0649. The number of allylic oxidation sites excluding steroid dienone is 4. The minimum atomic E-state index is -0.288.